The van der Waals surface area contributed by atoms with Crippen LogP contribution in [-0.2, 0) is 0 Å². The van der Waals surface area contributed by atoms with Crippen LogP contribution in [0.15, 0.2) is 0 Å². The molecule has 0 amide bonds. The second kappa shape index (κ2) is 5.31. The molecule has 1 aliphatic carbocycles. The Morgan fingerprint density at radius 2 is 2.13 bits per heavy atom. The van der Waals surface area contributed by atoms with Gasteiger partial charge in [0.25, 0.3) is 0 Å². The predicted molar refractivity (Wildman–Crippen MR) is 65.0 cm³/mol. The molecule has 1 N–H and O–H groups in total. The van der Waals surface area contributed by atoms with Crippen molar-refractivity contribution in [1.29, 1.82) is 0 Å². The molecule has 3 atom stereocenters. The van der Waals surface area contributed by atoms with Gasteiger partial charge in [-0.3, -0.25) is 0 Å². The number of nitrogens with zero attached hydrogens (tertiary/aromatic N) is 1. The van der Waals surface area contributed by atoms with E-state index in [0.717, 1.165) is 24.4 Å². The first kappa shape index (κ1) is 11.4. The van der Waals surface area contributed by atoms with Gasteiger partial charge in [-0.15, -0.1) is 0 Å². The minimum Gasteiger partial charge on any atom is -0.314 e. The Morgan fingerprint density at radius 3 is 2.80 bits per heavy atom. The van der Waals surface area contributed by atoms with Crippen LogP contribution in [0.4, 0.5) is 0 Å². The van der Waals surface area contributed by atoms with Crippen molar-refractivity contribution < 1.29 is 0 Å². The number of rotatable bonds is 4. The Bertz CT molecular complexity index is 193. The first-order valence-electron chi connectivity index (χ1n) is 6.75. The Morgan fingerprint density at radius 1 is 1.27 bits per heavy atom. The van der Waals surface area contributed by atoms with E-state index in [2.05, 4.69) is 24.1 Å². The molecule has 88 valence electrons. The second-order valence-corrected chi connectivity index (χ2v) is 5.51. The summed E-state index contributed by atoms with van der Waals surface area (Å²) < 4.78 is 0. The topological polar surface area (TPSA) is 15.3 Å². The summed E-state index contributed by atoms with van der Waals surface area (Å²) in [5, 5.41) is 3.65. The molecule has 1 saturated carbocycles. The van der Waals surface area contributed by atoms with Gasteiger partial charge in [-0.25, -0.2) is 0 Å². The molecule has 2 fully saturated rings. The van der Waals surface area contributed by atoms with E-state index in [0.29, 0.717) is 0 Å². The fourth-order valence-electron chi connectivity index (χ4n) is 3.31. The number of hydrogen-bond donors (Lipinski definition) is 1. The van der Waals surface area contributed by atoms with E-state index < -0.39 is 0 Å². The lowest BCUT2D eigenvalue weighted by atomic mass is 10.0. The summed E-state index contributed by atoms with van der Waals surface area (Å²) in [5.74, 6) is 1.86. The smallest absolute Gasteiger partial charge is 0.0107 e. The minimum absolute atomic E-state index is 0.811. The summed E-state index contributed by atoms with van der Waals surface area (Å²) in [6.45, 7) is 9.79. The van der Waals surface area contributed by atoms with E-state index in [1.165, 1.54) is 45.3 Å². The molecule has 0 aromatic carbocycles. The monoisotopic (exact) mass is 210 g/mol. The largest absolute Gasteiger partial charge is 0.314 e. The number of nitrogens with one attached hydrogen (secondary N) is 1. The van der Waals surface area contributed by atoms with Gasteiger partial charge in [0.2, 0.25) is 0 Å². The van der Waals surface area contributed by atoms with Gasteiger partial charge in [-0.1, -0.05) is 20.3 Å². The van der Waals surface area contributed by atoms with Crippen LogP contribution in [0.2, 0.25) is 0 Å². The van der Waals surface area contributed by atoms with Gasteiger partial charge in [0.15, 0.2) is 0 Å². The Balaban J connectivity index is 1.77. The highest BCUT2D eigenvalue weighted by atomic mass is 15.2. The van der Waals surface area contributed by atoms with Crippen molar-refractivity contribution >= 4 is 0 Å². The summed E-state index contributed by atoms with van der Waals surface area (Å²) in [6.07, 6.45) is 5.70. The lowest BCUT2D eigenvalue weighted by Crippen LogP contribution is -2.38. The molecule has 15 heavy (non-hydrogen) atoms. The van der Waals surface area contributed by atoms with Crippen molar-refractivity contribution in [2.75, 3.05) is 26.2 Å². The Hall–Kier alpha value is -0.0800. The molecule has 0 aromatic rings. The molecule has 3 unspecified atom stereocenters. The quantitative estimate of drug-likeness (QED) is 0.764. The third kappa shape index (κ3) is 2.94. The lowest BCUT2D eigenvalue weighted by molar-refractivity contribution is 0.247. The SMILES string of the molecule is CCNC1CCCC1CN1CCC(C)C1. The number of likely N-dealkylation sites (tertiary alicyclic amines) is 1. The van der Waals surface area contributed by atoms with E-state index in [9.17, 15) is 0 Å². The van der Waals surface area contributed by atoms with Gasteiger partial charge >= 0.3 is 0 Å². The van der Waals surface area contributed by atoms with E-state index in [1.807, 2.05) is 0 Å². The Kier molecular flexibility index (Phi) is 4.04. The van der Waals surface area contributed by atoms with Crippen LogP contribution in [0.5, 0.6) is 0 Å². The second-order valence-electron chi connectivity index (χ2n) is 5.51. The third-order valence-electron chi connectivity index (χ3n) is 4.13. The van der Waals surface area contributed by atoms with Gasteiger partial charge in [0, 0.05) is 19.1 Å². The van der Waals surface area contributed by atoms with Gasteiger partial charge in [-0.2, -0.15) is 0 Å². The fraction of sp³-hybridized carbons (Fsp3) is 1.00. The van der Waals surface area contributed by atoms with Crippen LogP contribution in [0.1, 0.15) is 39.5 Å². The van der Waals surface area contributed by atoms with Crippen LogP contribution in [0.3, 0.4) is 0 Å². The molecular formula is C13H26N2. The summed E-state index contributed by atoms with van der Waals surface area (Å²) in [7, 11) is 0. The first-order valence-corrected chi connectivity index (χ1v) is 6.75. The molecule has 0 spiro atoms. The van der Waals surface area contributed by atoms with E-state index in [1.54, 1.807) is 0 Å². The molecule has 0 aromatic heterocycles. The van der Waals surface area contributed by atoms with Gasteiger partial charge in [-0.05, 0) is 44.2 Å². The highest BCUT2D eigenvalue weighted by Gasteiger charge is 2.29. The molecule has 0 bridgehead atoms. The maximum atomic E-state index is 3.65. The molecule has 2 nitrogen and oxygen atoms in total. The average Bonchev–Trinajstić information content (AvgIpc) is 2.78. The molecule has 1 saturated heterocycles. The summed E-state index contributed by atoms with van der Waals surface area (Å²) >= 11 is 0. The lowest BCUT2D eigenvalue weighted by Gasteiger charge is -2.25. The van der Waals surface area contributed by atoms with Crippen molar-refractivity contribution in [2.24, 2.45) is 11.8 Å². The predicted octanol–water partition coefficient (Wildman–Crippen LogP) is 2.11. The van der Waals surface area contributed by atoms with Gasteiger partial charge in [0.1, 0.15) is 0 Å². The van der Waals surface area contributed by atoms with Gasteiger partial charge < -0.3 is 10.2 Å². The van der Waals surface area contributed by atoms with Crippen molar-refractivity contribution in [3.63, 3.8) is 0 Å². The molecule has 2 heteroatoms. The third-order valence-corrected chi connectivity index (χ3v) is 4.13. The standard InChI is InChI=1S/C13H26N2/c1-3-14-13-6-4-5-12(13)10-15-8-7-11(2)9-15/h11-14H,3-10H2,1-2H3. The van der Waals surface area contributed by atoms with E-state index in [-0.39, 0.29) is 0 Å². The summed E-state index contributed by atoms with van der Waals surface area (Å²) in [5.41, 5.74) is 0. The van der Waals surface area contributed by atoms with Crippen LogP contribution in [0.25, 0.3) is 0 Å². The fourth-order valence-corrected chi connectivity index (χ4v) is 3.31. The van der Waals surface area contributed by atoms with Crippen LogP contribution in [-0.4, -0.2) is 37.1 Å². The van der Waals surface area contributed by atoms with E-state index >= 15 is 0 Å². The van der Waals surface area contributed by atoms with Crippen LogP contribution >= 0.6 is 0 Å². The Labute approximate surface area is 94.4 Å². The maximum absolute atomic E-state index is 3.65. The molecular weight excluding hydrogens is 184 g/mol. The zero-order chi connectivity index (χ0) is 10.7. The molecule has 2 aliphatic rings. The van der Waals surface area contributed by atoms with Crippen molar-refractivity contribution in [2.45, 2.75) is 45.6 Å². The summed E-state index contributed by atoms with van der Waals surface area (Å²) in [6, 6.07) is 0.811. The van der Waals surface area contributed by atoms with Gasteiger partial charge in [0.05, 0.1) is 0 Å². The summed E-state index contributed by atoms with van der Waals surface area (Å²) in [4.78, 5) is 2.69. The number of hydrogen-bond acceptors (Lipinski definition) is 2. The average molecular weight is 210 g/mol. The molecule has 0 radical (unpaired) electrons. The zero-order valence-corrected chi connectivity index (χ0v) is 10.3. The minimum atomic E-state index is 0.811. The zero-order valence-electron chi connectivity index (χ0n) is 10.3. The first-order chi connectivity index (χ1) is 7.29. The molecule has 1 aliphatic heterocycles. The molecule has 1 heterocycles. The van der Waals surface area contributed by atoms with E-state index in [4.69, 9.17) is 0 Å². The highest BCUT2D eigenvalue weighted by Crippen LogP contribution is 2.28. The van der Waals surface area contributed by atoms with Crippen LogP contribution in [0, 0.1) is 11.8 Å². The maximum Gasteiger partial charge on any atom is 0.0107 e. The molecule has 2 rings (SSSR count). The van der Waals surface area contributed by atoms with Crippen molar-refractivity contribution in [3.05, 3.63) is 0 Å². The normalized spacial score (nSPS) is 37.6. The van der Waals surface area contributed by atoms with Crippen LogP contribution < -0.4 is 5.32 Å². The van der Waals surface area contributed by atoms with Crippen molar-refractivity contribution in [3.8, 4) is 0 Å². The highest BCUT2D eigenvalue weighted by molar-refractivity contribution is 4.86. The van der Waals surface area contributed by atoms with Crippen molar-refractivity contribution in [1.82, 2.24) is 10.2 Å².